The van der Waals surface area contributed by atoms with E-state index < -0.39 is 19.8 Å². The minimum Gasteiger partial charge on any atom is 0 e. The molecule has 0 amide bonds. The monoisotopic (exact) mass is 486 g/mol. The van der Waals surface area contributed by atoms with Gasteiger partial charge in [0.2, 0.25) is 0 Å². The van der Waals surface area contributed by atoms with E-state index in [0.717, 1.165) is 0 Å². The largest absolute Gasteiger partial charge is 0 e. The van der Waals surface area contributed by atoms with Gasteiger partial charge in [-0.25, -0.2) is 0 Å². The maximum atomic E-state index is 7.50. The first-order chi connectivity index (χ1) is 11.3. The van der Waals surface area contributed by atoms with Crippen LogP contribution in [0.25, 0.3) is 0 Å². The molecule has 0 aromatic heterocycles. The fourth-order valence-electron chi connectivity index (χ4n) is 1.66. The van der Waals surface area contributed by atoms with Crippen molar-refractivity contribution >= 4 is 19.8 Å². The molecule has 0 aliphatic heterocycles. The average Bonchev–Trinajstić information content (AvgIpc) is 2.69. The Morgan fingerprint density at radius 1 is 0.500 bits per heavy atom. The van der Waals surface area contributed by atoms with Crippen molar-refractivity contribution in [2.75, 3.05) is 0 Å². The second-order valence-corrected chi connectivity index (χ2v) is 12.6. The summed E-state index contributed by atoms with van der Waals surface area (Å²) in [4.78, 5) is 0. The summed E-state index contributed by atoms with van der Waals surface area (Å²) < 4.78 is 42.5. The van der Waals surface area contributed by atoms with E-state index in [9.17, 15) is 0 Å². The maximum absolute atomic E-state index is 7.50. The molecule has 0 saturated heterocycles. The van der Waals surface area contributed by atoms with Crippen LogP contribution in [-0.4, -0.2) is 19.8 Å². The summed E-state index contributed by atoms with van der Waals surface area (Å²) in [5, 5.41) is 0. The molecule has 0 heterocycles. The van der Waals surface area contributed by atoms with Crippen LogP contribution in [0.4, 0.5) is 0 Å². The molecular formula is C17H27MnO5Sn. The topological polar surface area (TPSA) is 99.5 Å². The van der Waals surface area contributed by atoms with E-state index in [2.05, 4.69) is 54.0 Å². The SMILES string of the molecule is CCC[CH2][Sn]([CH2]CCC)[CH2]CCC.[C-]#[O+].[C-]#[O+].[C-]#[O+].[C-]#[O+].[C-]#[O+].[Mn]. The molecule has 0 rings (SSSR count). The molecule has 7 heteroatoms. The fourth-order valence-corrected chi connectivity index (χ4v) is 11.1. The van der Waals surface area contributed by atoms with Crippen molar-refractivity contribution in [1.82, 2.24) is 0 Å². The summed E-state index contributed by atoms with van der Waals surface area (Å²) in [6.07, 6.45) is 8.85. The van der Waals surface area contributed by atoms with Crippen LogP contribution in [0.3, 0.4) is 0 Å². The molecule has 5 nitrogen and oxygen atoms in total. The van der Waals surface area contributed by atoms with E-state index >= 15 is 0 Å². The van der Waals surface area contributed by atoms with Crippen molar-refractivity contribution in [2.24, 2.45) is 0 Å². The second kappa shape index (κ2) is 77.3. The van der Waals surface area contributed by atoms with Gasteiger partial charge in [-0.1, -0.05) is 0 Å². The molecule has 0 saturated carbocycles. The minimum atomic E-state index is -0.839. The van der Waals surface area contributed by atoms with Gasteiger partial charge in [0, 0.05) is 17.1 Å². The van der Waals surface area contributed by atoms with E-state index in [1.807, 2.05) is 0 Å². The summed E-state index contributed by atoms with van der Waals surface area (Å²) in [5.74, 6) is 0. The smallest absolute Gasteiger partial charge is 0 e. The van der Waals surface area contributed by atoms with Gasteiger partial charge in [0.15, 0.2) is 0 Å². The van der Waals surface area contributed by atoms with E-state index in [-0.39, 0.29) is 17.1 Å². The predicted octanol–water partition coefficient (Wildman–Crippen LogP) is 4.69. The summed E-state index contributed by atoms with van der Waals surface area (Å²) in [6, 6.07) is 0. The minimum absolute atomic E-state index is 0. The van der Waals surface area contributed by atoms with Crippen LogP contribution in [0.15, 0.2) is 0 Å². The van der Waals surface area contributed by atoms with Gasteiger partial charge in [-0.3, -0.25) is 0 Å². The van der Waals surface area contributed by atoms with Crippen molar-refractivity contribution in [2.45, 2.75) is 72.6 Å². The molecule has 0 bridgehead atoms. The zero-order chi connectivity index (χ0) is 19.9. The zero-order valence-electron chi connectivity index (χ0n) is 14.8. The second-order valence-electron chi connectivity index (χ2n) is 4.06. The molecule has 136 valence electrons. The van der Waals surface area contributed by atoms with Crippen LogP contribution in [-0.2, 0) is 40.3 Å². The molecule has 0 spiro atoms. The van der Waals surface area contributed by atoms with E-state index in [0.29, 0.717) is 0 Å². The number of hydrogen-bond donors (Lipinski definition) is 0. The number of hydrogen-bond acceptors (Lipinski definition) is 0. The molecule has 0 fully saturated rings. The summed E-state index contributed by atoms with van der Waals surface area (Å²) >= 11 is -0.839. The molecule has 0 unspecified atom stereocenters. The standard InChI is InChI=1S/3C4H9.5CO.Mn.Sn/c3*1-3-4-2;5*1-2;;/h3*1,3-4H2,2H3;;;;;;;. The normalized spacial score (nSPS) is 6.42. The molecule has 2 radical (unpaired) electrons. The van der Waals surface area contributed by atoms with Crippen molar-refractivity contribution in [1.29, 1.82) is 0 Å². The van der Waals surface area contributed by atoms with Crippen LogP contribution >= 0.6 is 0 Å². The first kappa shape index (κ1) is 43.9. The zero-order valence-corrected chi connectivity index (χ0v) is 18.8. The van der Waals surface area contributed by atoms with Gasteiger partial charge in [0.05, 0.1) is 0 Å². The Bertz CT molecular complexity index is 208. The molecule has 0 aromatic carbocycles. The molecule has 0 atom stereocenters. The van der Waals surface area contributed by atoms with Crippen molar-refractivity contribution in [3.05, 3.63) is 33.3 Å². The molecule has 24 heavy (non-hydrogen) atoms. The summed E-state index contributed by atoms with van der Waals surface area (Å²) in [6.45, 7) is 29.5. The van der Waals surface area contributed by atoms with E-state index in [1.165, 1.54) is 38.5 Å². The Morgan fingerprint density at radius 3 is 0.792 bits per heavy atom. The summed E-state index contributed by atoms with van der Waals surface area (Å²) in [5.41, 5.74) is 0. The Balaban J connectivity index is -0.0000000448. The Morgan fingerprint density at radius 2 is 0.667 bits per heavy atom. The third kappa shape index (κ3) is 67.3. The molecule has 0 aliphatic carbocycles. The Kier molecular flexibility index (Phi) is 141. The molecule has 0 aliphatic rings. The van der Waals surface area contributed by atoms with Gasteiger partial charge in [-0.05, 0) is 0 Å². The molecule has 0 N–H and O–H groups in total. The van der Waals surface area contributed by atoms with Crippen molar-refractivity contribution in [3.63, 3.8) is 0 Å². The van der Waals surface area contributed by atoms with Gasteiger partial charge in [0.25, 0.3) is 0 Å². The number of unbranched alkanes of at least 4 members (excludes halogenated alkanes) is 3. The first-order valence-electron chi connectivity index (χ1n) is 7.20. The number of rotatable bonds is 9. The van der Waals surface area contributed by atoms with Crippen LogP contribution < -0.4 is 0 Å². The molecular weight excluding hydrogens is 458 g/mol. The van der Waals surface area contributed by atoms with Crippen molar-refractivity contribution < 1.29 is 40.3 Å². The maximum Gasteiger partial charge on any atom is 0 e. The van der Waals surface area contributed by atoms with Gasteiger partial charge in [0.1, 0.15) is 0 Å². The quantitative estimate of drug-likeness (QED) is 0.257. The van der Waals surface area contributed by atoms with Crippen LogP contribution in [0.5, 0.6) is 0 Å². The van der Waals surface area contributed by atoms with Crippen LogP contribution in [0.1, 0.15) is 59.3 Å². The van der Waals surface area contributed by atoms with Gasteiger partial charge >= 0.3 is 149 Å². The Hall–Kier alpha value is 0.0182. The van der Waals surface area contributed by atoms with E-state index in [4.69, 9.17) is 23.3 Å². The van der Waals surface area contributed by atoms with Gasteiger partial charge in [-0.15, -0.1) is 0 Å². The predicted molar refractivity (Wildman–Crippen MR) is 84.5 cm³/mol. The van der Waals surface area contributed by atoms with Crippen LogP contribution in [0, 0.1) is 33.3 Å². The third-order valence-electron chi connectivity index (χ3n) is 2.65. The first-order valence-corrected chi connectivity index (χ1v) is 13.3. The van der Waals surface area contributed by atoms with Crippen LogP contribution in [0.2, 0.25) is 13.3 Å². The van der Waals surface area contributed by atoms with Crippen molar-refractivity contribution in [3.8, 4) is 0 Å². The molecule has 0 aromatic rings. The third-order valence-corrected chi connectivity index (χ3v) is 11.7. The fraction of sp³-hybridized carbons (Fsp3) is 0.706. The van der Waals surface area contributed by atoms with Gasteiger partial charge < -0.3 is 0 Å². The van der Waals surface area contributed by atoms with E-state index in [1.54, 1.807) is 13.3 Å². The Labute approximate surface area is 165 Å². The summed E-state index contributed by atoms with van der Waals surface area (Å²) in [7, 11) is 0. The van der Waals surface area contributed by atoms with Gasteiger partial charge in [-0.2, -0.15) is 0 Å². The average molecular weight is 485 g/mol.